The van der Waals surface area contributed by atoms with Crippen molar-refractivity contribution in [2.24, 2.45) is 0 Å². The predicted molar refractivity (Wildman–Crippen MR) is 77.1 cm³/mol. The number of benzene rings is 1. The first-order chi connectivity index (χ1) is 9.79. The first-order valence-corrected chi connectivity index (χ1v) is 6.91. The van der Waals surface area contributed by atoms with Gasteiger partial charge in [0.2, 0.25) is 0 Å². The number of hydrogen-bond acceptors (Lipinski definition) is 6. The van der Waals surface area contributed by atoms with Crippen LogP contribution in [0.2, 0.25) is 0 Å². The zero-order valence-electron chi connectivity index (χ0n) is 11.3. The Hall–Kier alpha value is -2.08. The molecule has 1 aliphatic heterocycles. The average Bonchev–Trinajstić information content (AvgIpc) is 2.88. The molecule has 0 amide bonds. The topological polar surface area (TPSA) is 80.2 Å². The summed E-state index contributed by atoms with van der Waals surface area (Å²) in [6.45, 7) is 3.15. The van der Waals surface area contributed by atoms with Crippen molar-refractivity contribution in [1.29, 1.82) is 0 Å². The summed E-state index contributed by atoms with van der Waals surface area (Å²) in [6.07, 6.45) is 2.13. The van der Waals surface area contributed by atoms with Gasteiger partial charge in [0.15, 0.2) is 0 Å². The molecule has 1 aromatic heterocycles. The summed E-state index contributed by atoms with van der Waals surface area (Å²) in [5.41, 5.74) is 6.77. The van der Waals surface area contributed by atoms with E-state index >= 15 is 0 Å². The summed E-state index contributed by atoms with van der Waals surface area (Å²) < 4.78 is 5.14. The molecule has 2 heterocycles. The number of hydrogen-bond donors (Lipinski definition) is 2. The molecule has 0 spiro atoms. The summed E-state index contributed by atoms with van der Waals surface area (Å²) in [4.78, 5) is 2.47. The number of likely N-dealkylation sites (tertiary alicyclic amines) is 1. The molecule has 3 rings (SSSR count). The fraction of sp³-hybridized carbons (Fsp3) is 0.429. The number of piperidine rings is 1. The van der Waals surface area contributed by atoms with Crippen LogP contribution >= 0.6 is 0 Å². The Labute approximate surface area is 118 Å². The molecule has 1 aromatic carbocycles. The fourth-order valence-corrected chi connectivity index (χ4v) is 2.54. The molecule has 0 aliphatic carbocycles. The Morgan fingerprint density at radius 3 is 2.60 bits per heavy atom. The van der Waals surface area contributed by atoms with Crippen LogP contribution in [0.5, 0.6) is 0 Å². The zero-order chi connectivity index (χ0) is 13.8. The van der Waals surface area contributed by atoms with E-state index in [-0.39, 0.29) is 6.01 Å². The Balaban J connectivity index is 1.47. The van der Waals surface area contributed by atoms with Crippen LogP contribution in [0.4, 0.5) is 12.0 Å². The Bertz CT molecular complexity index is 534. The second kappa shape index (κ2) is 5.92. The molecule has 0 bridgehead atoms. The van der Waals surface area contributed by atoms with Crippen LogP contribution in [0.15, 0.2) is 34.7 Å². The highest BCUT2D eigenvalue weighted by Crippen LogP contribution is 2.17. The monoisotopic (exact) mass is 273 g/mol. The number of aromatic nitrogens is 2. The van der Waals surface area contributed by atoms with Gasteiger partial charge in [-0.15, -0.1) is 0 Å². The van der Waals surface area contributed by atoms with Gasteiger partial charge in [0.05, 0.1) is 0 Å². The normalized spacial score (nSPS) is 17.2. The molecular weight excluding hydrogens is 254 g/mol. The van der Waals surface area contributed by atoms with Crippen LogP contribution in [0, 0.1) is 0 Å². The van der Waals surface area contributed by atoms with Gasteiger partial charge in [0.25, 0.3) is 0 Å². The summed E-state index contributed by atoms with van der Waals surface area (Å²) in [7, 11) is 0. The van der Waals surface area contributed by atoms with E-state index in [0.717, 1.165) is 32.5 Å². The lowest BCUT2D eigenvalue weighted by Crippen LogP contribution is -2.38. The van der Waals surface area contributed by atoms with E-state index < -0.39 is 0 Å². The molecule has 2 aromatic rings. The third kappa shape index (κ3) is 3.27. The van der Waals surface area contributed by atoms with Gasteiger partial charge < -0.3 is 15.5 Å². The van der Waals surface area contributed by atoms with Gasteiger partial charge in [0, 0.05) is 25.7 Å². The van der Waals surface area contributed by atoms with Gasteiger partial charge >= 0.3 is 12.0 Å². The summed E-state index contributed by atoms with van der Waals surface area (Å²) in [5, 5.41) is 10.7. The van der Waals surface area contributed by atoms with Crippen LogP contribution < -0.4 is 11.1 Å². The second-order valence-corrected chi connectivity index (χ2v) is 5.13. The minimum Gasteiger partial charge on any atom is -0.390 e. The highest BCUT2D eigenvalue weighted by atomic mass is 16.4. The summed E-state index contributed by atoms with van der Waals surface area (Å²) in [6, 6.07) is 11.5. The van der Waals surface area contributed by atoms with Crippen LogP contribution in [-0.2, 0) is 6.54 Å². The van der Waals surface area contributed by atoms with E-state index in [1.165, 1.54) is 5.56 Å². The lowest BCUT2D eigenvalue weighted by Gasteiger charge is -2.31. The molecule has 20 heavy (non-hydrogen) atoms. The van der Waals surface area contributed by atoms with E-state index in [4.69, 9.17) is 10.2 Å². The van der Waals surface area contributed by atoms with Crippen molar-refractivity contribution in [2.75, 3.05) is 24.1 Å². The Morgan fingerprint density at radius 1 is 1.20 bits per heavy atom. The van der Waals surface area contributed by atoms with E-state index in [9.17, 15) is 0 Å². The zero-order valence-corrected chi connectivity index (χ0v) is 11.3. The smallest absolute Gasteiger partial charge is 0.317 e. The van der Waals surface area contributed by atoms with Gasteiger partial charge in [-0.3, -0.25) is 4.90 Å². The van der Waals surface area contributed by atoms with Crippen molar-refractivity contribution in [3.8, 4) is 0 Å². The van der Waals surface area contributed by atoms with Crippen molar-refractivity contribution in [3.63, 3.8) is 0 Å². The first kappa shape index (κ1) is 12.9. The summed E-state index contributed by atoms with van der Waals surface area (Å²) in [5.74, 6) is 0. The van der Waals surface area contributed by atoms with Crippen LogP contribution in [0.1, 0.15) is 18.4 Å². The third-order valence-electron chi connectivity index (χ3n) is 3.60. The number of nitrogens with zero attached hydrogens (tertiary/aromatic N) is 3. The highest BCUT2D eigenvalue weighted by Gasteiger charge is 2.20. The minimum absolute atomic E-state index is 0.106. The SMILES string of the molecule is Nc1nnc(NC2CCN(Cc3ccccc3)CC2)o1. The van der Waals surface area contributed by atoms with E-state index in [2.05, 4.69) is 50.7 Å². The molecule has 106 valence electrons. The van der Waals surface area contributed by atoms with Gasteiger partial charge in [0.1, 0.15) is 0 Å². The number of nitrogen functional groups attached to an aromatic ring is 1. The largest absolute Gasteiger partial charge is 0.390 e. The molecule has 1 saturated heterocycles. The number of anilines is 2. The fourth-order valence-electron chi connectivity index (χ4n) is 2.54. The highest BCUT2D eigenvalue weighted by molar-refractivity contribution is 5.24. The maximum absolute atomic E-state index is 5.40. The van der Waals surface area contributed by atoms with Crippen molar-refractivity contribution in [1.82, 2.24) is 15.1 Å². The molecule has 1 fully saturated rings. The molecular formula is C14H19N5O. The average molecular weight is 273 g/mol. The lowest BCUT2D eigenvalue weighted by molar-refractivity contribution is 0.210. The van der Waals surface area contributed by atoms with E-state index in [1.54, 1.807) is 0 Å². The molecule has 0 atom stereocenters. The van der Waals surface area contributed by atoms with Crippen molar-refractivity contribution >= 4 is 12.0 Å². The standard InChI is InChI=1S/C14H19N5O/c15-13-17-18-14(20-13)16-12-6-8-19(9-7-12)10-11-4-2-1-3-5-11/h1-5,12H,6-10H2,(H2,15,17)(H,16,18). The molecule has 3 N–H and O–H groups in total. The maximum atomic E-state index is 5.40. The summed E-state index contributed by atoms with van der Waals surface area (Å²) >= 11 is 0. The van der Waals surface area contributed by atoms with Gasteiger partial charge in [-0.05, 0) is 18.4 Å². The molecule has 6 heteroatoms. The third-order valence-corrected chi connectivity index (χ3v) is 3.60. The molecule has 0 unspecified atom stereocenters. The molecule has 0 radical (unpaired) electrons. The van der Waals surface area contributed by atoms with E-state index in [0.29, 0.717) is 12.1 Å². The van der Waals surface area contributed by atoms with Crippen molar-refractivity contribution in [2.45, 2.75) is 25.4 Å². The second-order valence-electron chi connectivity index (χ2n) is 5.13. The van der Waals surface area contributed by atoms with Crippen LogP contribution in [0.3, 0.4) is 0 Å². The number of rotatable bonds is 4. The van der Waals surface area contributed by atoms with Crippen molar-refractivity contribution in [3.05, 3.63) is 35.9 Å². The molecule has 6 nitrogen and oxygen atoms in total. The first-order valence-electron chi connectivity index (χ1n) is 6.91. The lowest BCUT2D eigenvalue weighted by atomic mass is 10.0. The van der Waals surface area contributed by atoms with Crippen molar-refractivity contribution < 1.29 is 4.42 Å². The molecule has 1 aliphatic rings. The molecule has 0 saturated carbocycles. The van der Waals surface area contributed by atoms with Gasteiger partial charge in [-0.2, -0.15) is 0 Å². The van der Waals surface area contributed by atoms with Crippen LogP contribution in [-0.4, -0.2) is 34.2 Å². The quantitative estimate of drug-likeness (QED) is 0.883. The Kier molecular flexibility index (Phi) is 3.83. The Morgan fingerprint density at radius 2 is 1.95 bits per heavy atom. The van der Waals surface area contributed by atoms with Crippen LogP contribution in [0.25, 0.3) is 0 Å². The van der Waals surface area contributed by atoms with Gasteiger partial charge in [-0.1, -0.05) is 40.5 Å². The number of nitrogens with one attached hydrogen (secondary N) is 1. The van der Waals surface area contributed by atoms with E-state index in [1.807, 2.05) is 0 Å². The van der Waals surface area contributed by atoms with Gasteiger partial charge in [-0.25, -0.2) is 0 Å². The number of nitrogens with two attached hydrogens (primary N) is 1. The minimum atomic E-state index is 0.106. The maximum Gasteiger partial charge on any atom is 0.317 e. The predicted octanol–water partition coefficient (Wildman–Crippen LogP) is 1.73.